The van der Waals surface area contributed by atoms with Crippen LogP contribution in [0.2, 0.25) is 0 Å². The highest BCUT2D eigenvalue weighted by Gasteiger charge is 2.12. The first-order chi connectivity index (χ1) is 15.0. The van der Waals surface area contributed by atoms with Crippen molar-refractivity contribution in [1.29, 1.82) is 0 Å². The minimum atomic E-state index is -0.444. The van der Waals surface area contributed by atoms with E-state index in [0.717, 1.165) is 5.39 Å². The Morgan fingerprint density at radius 1 is 0.903 bits per heavy atom. The molecule has 0 radical (unpaired) electrons. The normalized spacial score (nSPS) is 10.6. The molecule has 1 heterocycles. The molecule has 3 aromatic carbocycles. The number of benzene rings is 3. The highest BCUT2D eigenvalue weighted by atomic mass is 16.5. The van der Waals surface area contributed by atoms with Crippen LogP contribution in [0.3, 0.4) is 0 Å². The lowest BCUT2D eigenvalue weighted by Gasteiger charge is -2.07. The number of carbonyl (C=O) groups excluding carboxylic acids is 2. The molecule has 4 aromatic rings. The number of rotatable bonds is 6. The molecular formula is C25H19NO5. The molecule has 0 aliphatic heterocycles. The van der Waals surface area contributed by atoms with E-state index in [0.29, 0.717) is 33.6 Å². The maximum atomic E-state index is 12.4. The van der Waals surface area contributed by atoms with Gasteiger partial charge in [0.25, 0.3) is 5.91 Å². The molecule has 0 bridgehead atoms. The Morgan fingerprint density at radius 3 is 2.29 bits per heavy atom. The average molecular weight is 413 g/mol. The molecule has 6 heteroatoms. The highest BCUT2D eigenvalue weighted by Crippen LogP contribution is 2.21. The van der Waals surface area contributed by atoms with Crippen LogP contribution in [-0.2, 0) is 0 Å². The molecule has 1 aromatic heterocycles. The fourth-order valence-corrected chi connectivity index (χ4v) is 3.21. The highest BCUT2D eigenvalue weighted by molar-refractivity contribution is 6.02. The van der Waals surface area contributed by atoms with Gasteiger partial charge in [0.1, 0.15) is 11.3 Å². The first-order valence-electron chi connectivity index (χ1n) is 9.64. The summed E-state index contributed by atoms with van der Waals surface area (Å²) >= 11 is 0. The van der Waals surface area contributed by atoms with Crippen molar-refractivity contribution in [3.05, 3.63) is 100 Å². The predicted octanol–water partition coefficient (Wildman–Crippen LogP) is 4.08. The van der Waals surface area contributed by atoms with Gasteiger partial charge in [-0.25, -0.2) is 4.79 Å². The summed E-state index contributed by atoms with van der Waals surface area (Å²) in [4.78, 5) is 37.0. The molecule has 1 N–H and O–H groups in total. The van der Waals surface area contributed by atoms with E-state index in [4.69, 9.17) is 9.15 Å². The van der Waals surface area contributed by atoms with Gasteiger partial charge in [0.15, 0.2) is 5.78 Å². The summed E-state index contributed by atoms with van der Waals surface area (Å²) in [6.07, 6.45) is 0. The average Bonchev–Trinajstić information content (AvgIpc) is 2.82. The lowest BCUT2D eigenvalue weighted by molar-refractivity contribution is 0.0904. The predicted molar refractivity (Wildman–Crippen MR) is 118 cm³/mol. The van der Waals surface area contributed by atoms with Crippen LogP contribution in [0.5, 0.6) is 5.75 Å². The van der Waals surface area contributed by atoms with Gasteiger partial charge in [-0.3, -0.25) is 9.59 Å². The third kappa shape index (κ3) is 4.38. The van der Waals surface area contributed by atoms with Crippen LogP contribution < -0.4 is 15.7 Å². The van der Waals surface area contributed by atoms with Crippen molar-refractivity contribution >= 4 is 22.7 Å². The van der Waals surface area contributed by atoms with E-state index in [2.05, 4.69) is 5.32 Å². The Balaban J connectivity index is 1.45. The largest absolute Gasteiger partial charge is 0.497 e. The van der Waals surface area contributed by atoms with Crippen LogP contribution in [-0.4, -0.2) is 25.3 Å². The van der Waals surface area contributed by atoms with Gasteiger partial charge in [0.05, 0.1) is 19.2 Å². The lowest BCUT2D eigenvalue weighted by atomic mass is 10.0. The molecule has 31 heavy (non-hydrogen) atoms. The van der Waals surface area contributed by atoms with Crippen molar-refractivity contribution in [1.82, 2.24) is 5.32 Å². The monoisotopic (exact) mass is 413 g/mol. The molecule has 0 aliphatic carbocycles. The van der Waals surface area contributed by atoms with Crippen molar-refractivity contribution in [2.45, 2.75) is 0 Å². The smallest absolute Gasteiger partial charge is 0.344 e. The number of hydrogen-bond donors (Lipinski definition) is 1. The van der Waals surface area contributed by atoms with E-state index in [1.807, 2.05) is 12.1 Å². The summed E-state index contributed by atoms with van der Waals surface area (Å²) in [5, 5.41) is 3.44. The Kier molecular flexibility index (Phi) is 5.62. The molecule has 0 spiro atoms. The first-order valence-corrected chi connectivity index (χ1v) is 9.64. The second-order valence-electron chi connectivity index (χ2n) is 6.90. The number of amides is 1. The van der Waals surface area contributed by atoms with Gasteiger partial charge in [-0.2, -0.15) is 0 Å². The maximum Gasteiger partial charge on any atom is 0.344 e. The molecule has 0 saturated carbocycles. The topological polar surface area (TPSA) is 85.6 Å². The van der Waals surface area contributed by atoms with Gasteiger partial charge < -0.3 is 14.5 Å². The van der Waals surface area contributed by atoms with Crippen LogP contribution in [0.4, 0.5) is 0 Å². The Bertz CT molecular complexity index is 1300. The van der Waals surface area contributed by atoms with Crippen molar-refractivity contribution in [2.24, 2.45) is 0 Å². The summed E-state index contributed by atoms with van der Waals surface area (Å²) < 4.78 is 10.4. The third-order valence-electron chi connectivity index (χ3n) is 4.92. The summed E-state index contributed by atoms with van der Waals surface area (Å²) in [5.41, 5.74) is 2.01. The van der Waals surface area contributed by atoms with E-state index in [9.17, 15) is 14.4 Å². The van der Waals surface area contributed by atoms with Crippen molar-refractivity contribution in [3.8, 4) is 16.9 Å². The number of fused-ring (bicyclic) bond motifs is 1. The minimum Gasteiger partial charge on any atom is -0.497 e. The van der Waals surface area contributed by atoms with Gasteiger partial charge in [0, 0.05) is 16.5 Å². The fourth-order valence-electron chi connectivity index (χ4n) is 3.21. The summed E-state index contributed by atoms with van der Waals surface area (Å²) in [6, 6.07) is 22.3. The zero-order chi connectivity index (χ0) is 21.8. The Hall–Kier alpha value is -4.19. The number of methoxy groups -OCH3 is 1. The Labute approximate surface area is 178 Å². The number of para-hydroxylation sites is 1. The molecule has 0 unspecified atom stereocenters. The number of ether oxygens (including phenoxy) is 1. The fraction of sp³-hybridized carbons (Fsp3) is 0.0800. The second kappa shape index (κ2) is 8.67. The second-order valence-corrected chi connectivity index (χ2v) is 6.90. The van der Waals surface area contributed by atoms with E-state index >= 15 is 0 Å². The van der Waals surface area contributed by atoms with Crippen LogP contribution in [0, 0.1) is 0 Å². The van der Waals surface area contributed by atoms with Crippen LogP contribution >= 0.6 is 0 Å². The molecule has 6 nitrogen and oxygen atoms in total. The van der Waals surface area contributed by atoms with E-state index < -0.39 is 5.63 Å². The summed E-state index contributed by atoms with van der Waals surface area (Å²) in [7, 11) is 1.55. The molecule has 0 atom stereocenters. The van der Waals surface area contributed by atoms with Gasteiger partial charge in [-0.15, -0.1) is 0 Å². The molecule has 0 aliphatic rings. The summed E-state index contributed by atoms with van der Waals surface area (Å²) in [5.74, 6) is 0.0708. The molecule has 0 fully saturated rings. The van der Waals surface area contributed by atoms with Crippen molar-refractivity contribution in [3.63, 3.8) is 0 Å². The van der Waals surface area contributed by atoms with Gasteiger partial charge in [0.2, 0.25) is 0 Å². The van der Waals surface area contributed by atoms with Crippen molar-refractivity contribution in [2.75, 3.05) is 13.7 Å². The van der Waals surface area contributed by atoms with Crippen LogP contribution in [0.25, 0.3) is 22.1 Å². The van der Waals surface area contributed by atoms with E-state index in [-0.39, 0.29) is 18.2 Å². The number of carbonyl (C=O) groups is 2. The molecular weight excluding hydrogens is 394 g/mol. The van der Waals surface area contributed by atoms with E-state index in [1.165, 1.54) is 0 Å². The zero-order valence-electron chi connectivity index (χ0n) is 16.8. The standard InChI is InChI=1S/C25H19NO5/c1-30-20-12-10-17(11-13-20)22(27)15-26-24(28)18-8-6-16(7-9-18)21-14-19-4-2-3-5-23(19)31-25(21)29/h2-14H,15H2,1H3,(H,26,28). The Morgan fingerprint density at radius 2 is 1.58 bits per heavy atom. The maximum absolute atomic E-state index is 12.4. The van der Waals surface area contributed by atoms with E-state index in [1.54, 1.807) is 73.8 Å². The van der Waals surface area contributed by atoms with Gasteiger partial charge in [-0.05, 0) is 54.1 Å². The summed E-state index contributed by atoms with van der Waals surface area (Å²) in [6.45, 7) is -0.124. The SMILES string of the molecule is COc1ccc(C(=O)CNC(=O)c2ccc(-c3cc4ccccc4oc3=O)cc2)cc1. The zero-order valence-corrected chi connectivity index (χ0v) is 16.8. The van der Waals surface area contributed by atoms with Crippen molar-refractivity contribution < 1.29 is 18.7 Å². The third-order valence-corrected chi connectivity index (χ3v) is 4.92. The first kappa shape index (κ1) is 20.1. The quantitative estimate of drug-likeness (QED) is 0.380. The molecule has 154 valence electrons. The van der Waals surface area contributed by atoms with Gasteiger partial charge in [-0.1, -0.05) is 30.3 Å². The number of ketones is 1. The molecule has 0 saturated heterocycles. The van der Waals surface area contributed by atoms with Crippen LogP contribution in [0.1, 0.15) is 20.7 Å². The van der Waals surface area contributed by atoms with Crippen LogP contribution in [0.15, 0.2) is 88.1 Å². The number of nitrogens with one attached hydrogen (secondary N) is 1. The lowest BCUT2D eigenvalue weighted by Crippen LogP contribution is -2.29. The number of Topliss-reactive ketones (excluding diaryl/α,β-unsaturated/α-hetero) is 1. The molecule has 4 rings (SSSR count). The minimum absolute atomic E-state index is 0.124. The number of hydrogen-bond acceptors (Lipinski definition) is 5. The van der Waals surface area contributed by atoms with Gasteiger partial charge >= 0.3 is 5.63 Å². The molecule has 1 amide bonds.